The highest BCUT2D eigenvalue weighted by Crippen LogP contribution is 2.38. The molecule has 15 heavy (non-hydrogen) atoms. The van der Waals surface area contributed by atoms with Crippen molar-refractivity contribution < 1.29 is 9.59 Å². The van der Waals surface area contributed by atoms with Gasteiger partial charge >= 0.3 is 0 Å². The predicted octanol–water partition coefficient (Wildman–Crippen LogP) is 1.94. The summed E-state index contributed by atoms with van der Waals surface area (Å²) in [4.78, 5) is 27.1. The van der Waals surface area contributed by atoms with Crippen LogP contribution in [0.15, 0.2) is 6.20 Å². The highest BCUT2D eigenvalue weighted by atomic mass is 32.1. The second kappa shape index (κ2) is 3.73. The molecule has 0 aliphatic heterocycles. The minimum atomic E-state index is -0.0206. The smallest absolute Gasteiger partial charge is 0.229 e. The number of ketones is 1. The lowest BCUT2D eigenvalue weighted by Crippen LogP contribution is -2.13. The number of amides is 1. The highest BCUT2D eigenvalue weighted by molar-refractivity contribution is 7.17. The van der Waals surface area contributed by atoms with Gasteiger partial charge in [-0.3, -0.25) is 9.59 Å². The second-order valence-corrected chi connectivity index (χ2v) is 4.93. The van der Waals surface area contributed by atoms with Crippen LogP contribution in [0, 0.1) is 11.8 Å². The zero-order chi connectivity index (χ0) is 11.0. The van der Waals surface area contributed by atoms with Crippen LogP contribution in [0.5, 0.6) is 0 Å². The van der Waals surface area contributed by atoms with Crippen molar-refractivity contribution >= 4 is 28.2 Å². The Balaban J connectivity index is 1.98. The van der Waals surface area contributed by atoms with E-state index in [2.05, 4.69) is 10.3 Å². The Labute approximate surface area is 91.7 Å². The van der Waals surface area contributed by atoms with E-state index in [0.717, 1.165) is 6.42 Å². The van der Waals surface area contributed by atoms with Crippen molar-refractivity contribution in [2.45, 2.75) is 20.3 Å². The maximum Gasteiger partial charge on any atom is 0.229 e. The van der Waals surface area contributed by atoms with Crippen molar-refractivity contribution in [3.63, 3.8) is 0 Å². The van der Waals surface area contributed by atoms with E-state index in [-0.39, 0.29) is 17.6 Å². The number of Topliss-reactive ketones (excluding diaryl/α,β-unsaturated/α-hetero) is 1. The average molecular weight is 224 g/mol. The number of anilines is 1. The van der Waals surface area contributed by atoms with E-state index in [1.807, 2.05) is 6.92 Å². The summed E-state index contributed by atoms with van der Waals surface area (Å²) in [7, 11) is 0. The number of nitrogens with one attached hydrogen (secondary N) is 1. The summed E-state index contributed by atoms with van der Waals surface area (Å²) in [6, 6.07) is 0. The molecule has 1 heterocycles. The topological polar surface area (TPSA) is 59.1 Å². The first-order valence-electron chi connectivity index (χ1n) is 4.85. The van der Waals surface area contributed by atoms with Gasteiger partial charge in [-0.25, -0.2) is 4.98 Å². The molecule has 1 aliphatic rings. The van der Waals surface area contributed by atoms with Gasteiger partial charge in [-0.1, -0.05) is 18.3 Å². The molecule has 2 atom stereocenters. The quantitative estimate of drug-likeness (QED) is 0.798. The Morgan fingerprint density at radius 2 is 2.27 bits per heavy atom. The van der Waals surface area contributed by atoms with E-state index in [1.165, 1.54) is 24.5 Å². The SMILES string of the molecule is CC(=O)c1cnc(NC(=O)C2CC2C)s1. The van der Waals surface area contributed by atoms with Crippen LogP contribution in [-0.4, -0.2) is 16.7 Å². The van der Waals surface area contributed by atoms with E-state index in [4.69, 9.17) is 0 Å². The Morgan fingerprint density at radius 3 is 2.73 bits per heavy atom. The average Bonchev–Trinajstić information content (AvgIpc) is 2.73. The van der Waals surface area contributed by atoms with Crippen LogP contribution >= 0.6 is 11.3 Å². The van der Waals surface area contributed by atoms with E-state index < -0.39 is 0 Å². The molecule has 2 rings (SSSR count). The van der Waals surface area contributed by atoms with Crippen molar-refractivity contribution in [3.05, 3.63) is 11.1 Å². The zero-order valence-corrected chi connectivity index (χ0v) is 9.43. The van der Waals surface area contributed by atoms with Gasteiger partial charge in [0.2, 0.25) is 5.91 Å². The minimum Gasteiger partial charge on any atom is -0.302 e. The van der Waals surface area contributed by atoms with E-state index in [9.17, 15) is 9.59 Å². The summed E-state index contributed by atoms with van der Waals surface area (Å²) in [5, 5.41) is 3.24. The fraction of sp³-hybridized carbons (Fsp3) is 0.500. The molecule has 0 radical (unpaired) electrons. The van der Waals surface area contributed by atoms with E-state index in [0.29, 0.717) is 15.9 Å². The van der Waals surface area contributed by atoms with Crippen LogP contribution in [-0.2, 0) is 4.79 Å². The summed E-state index contributed by atoms with van der Waals surface area (Å²) in [6.45, 7) is 3.54. The molecule has 0 bridgehead atoms. The summed E-state index contributed by atoms with van der Waals surface area (Å²) < 4.78 is 0. The summed E-state index contributed by atoms with van der Waals surface area (Å²) in [5.74, 6) is 0.617. The van der Waals surface area contributed by atoms with Gasteiger partial charge in [0.15, 0.2) is 10.9 Å². The first-order chi connectivity index (χ1) is 7.08. The van der Waals surface area contributed by atoms with Gasteiger partial charge in [0, 0.05) is 12.8 Å². The van der Waals surface area contributed by atoms with Gasteiger partial charge in [0.05, 0.1) is 11.1 Å². The number of hydrogen-bond acceptors (Lipinski definition) is 4. The minimum absolute atomic E-state index is 0.0203. The lowest BCUT2D eigenvalue weighted by Gasteiger charge is -1.98. The number of carbonyl (C=O) groups is 2. The van der Waals surface area contributed by atoms with Gasteiger partial charge in [-0.05, 0) is 12.3 Å². The standard InChI is InChI=1S/C10H12N2O2S/c1-5-3-7(5)9(14)12-10-11-4-8(15-10)6(2)13/h4-5,7H,3H2,1-2H3,(H,11,12,14). The molecule has 4 nitrogen and oxygen atoms in total. The molecule has 2 unspecified atom stereocenters. The molecular weight excluding hydrogens is 212 g/mol. The maximum absolute atomic E-state index is 11.5. The molecule has 0 saturated heterocycles. The van der Waals surface area contributed by atoms with Crippen molar-refractivity contribution in [1.29, 1.82) is 0 Å². The molecule has 1 N–H and O–H groups in total. The van der Waals surface area contributed by atoms with Crippen LogP contribution in [0.25, 0.3) is 0 Å². The summed E-state index contributed by atoms with van der Waals surface area (Å²) in [6.07, 6.45) is 2.45. The van der Waals surface area contributed by atoms with Crippen molar-refractivity contribution in [2.75, 3.05) is 5.32 Å². The van der Waals surface area contributed by atoms with Crippen LogP contribution in [0.2, 0.25) is 0 Å². The van der Waals surface area contributed by atoms with Gasteiger partial charge < -0.3 is 5.32 Å². The number of hydrogen-bond donors (Lipinski definition) is 1. The van der Waals surface area contributed by atoms with Crippen molar-refractivity contribution in [2.24, 2.45) is 11.8 Å². The fourth-order valence-electron chi connectivity index (χ4n) is 1.38. The summed E-state index contributed by atoms with van der Waals surface area (Å²) in [5.41, 5.74) is 0. The third-order valence-electron chi connectivity index (χ3n) is 2.53. The first-order valence-corrected chi connectivity index (χ1v) is 5.67. The van der Waals surface area contributed by atoms with Gasteiger partial charge in [0.1, 0.15) is 0 Å². The Morgan fingerprint density at radius 1 is 1.60 bits per heavy atom. The van der Waals surface area contributed by atoms with Crippen LogP contribution in [0.4, 0.5) is 5.13 Å². The molecule has 1 fully saturated rings. The van der Waals surface area contributed by atoms with E-state index >= 15 is 0 Å². The molecule has 1 aromatic heterocycles. The first kappa shape index (κ1) is 10.3. The number of thiazole rings is 1. The molecule has 80 valence electrons. The lowest BCUT2D eigenvalue weighted by atomic mass is 10.3. The normalized spacial score (nSPS) is 23.6. The molecule has 0 aromatic carbocycles. The van der Waals surface area contributed by atoms with Gasteiger partial charge in [-0.2, -0.15) is 0 Å². The number of aromatic nitrogens is 1. The number of rotatable bonds is 3. The number of nitrogens with zero attached hydrogens (tertiary/aromatic N) is 1. The monoisotopic (exact) mass is 224 g/mol. The number of carbonyl (C=O) groups excluding carboxylic acids is 2. The molecule has 5 heteroatoms. The third-order valence-corrected chi connectivity index (χ3v) is 3.54. The van der Waals surface area contributed by atoms with Crippen LogP contribution in [0.1, 0.15) is 29.9 Å². The third kappa shape index (κ3) is 2.23. The molecule has 1 amide bonds. The van der Waals surface area contributed by atoms with Gasteiger partial charge in [-0.15, -0.1) is 0 Å². The molecule has 1 saturated carbocycles. The molecule has 1 aliphatic carbocycles. The largest absolute Gasteiger partial charge is 0.302 e. The van der Waals surface area contributed by atoms with Crippen molar-refractivity contribution in [1.82, 2.24) is 4.98 Å². The Bertz CT molecular complexity index is 413. The second-order valence-electron chi connectivity index (χ2n) is 3.89. The molecule has 1 aromatic rings. The lowest BCUT2D eigenvalue weighted by molar-refractivity contribution is -0.117. The molecular formula is C10H12N2O2S. The van der Waals surface area contributed by atoms with Crippen LogP contribution in [0.3, 0.4) is 0 Å². The van der Waals surface area contributed by atoms with Crippen LogP contribution < -0.4 is 5.32 Å². The Hall–Kier alpha value is -1.23. The predicted molar refractivity (Wildman–Crippen MR) is 58.0 cm³/mol. The maximum atomic E-state index is 11.5. The Kier molecular flexibility index (Phi) is 2.56. The van der Waals surface area contributed by atoms with Gasteiger partial charge in [0.25, 0.3) is 0 Å². The highest BCUT2D eigenvalue weighted by Gasteiger charge is 2.39. The van der Waals surface area contributed by atoms with Crippen molar-refractivity contribution in [3.8, 4) is 0 Å². The van der Waals surface area contributed by atoms with E-state index in [1.54, 1.807) is 0 Å². The summed E-state index contributed by atoms with van der Waals surface area (Å²) >= 11 is 1.22. The fourth-order valence-corrected chi connectivity index (χ4v) is 2.09. The zero-order valence-electron chi connectivity index (χ0n) is 8.61. The molecule has 0 spiro atoms.